The number of hydrogen-bond donors (Lipinski definition) is 0. The molecule has 0 amide bonds. The van der Waals surface area contributed by atoms with Gasteiger partial charge in [-0.1, -0.05) is 41.5 Å². The number of pyridine rings is 2. The average molecular weight is 367 g/mol. The number of hydrogen-bond acceptors (Lipinski definition) is 3. The molecule has 4 aromatic rings. The van der Waals surface area contributed by atoms with Crippen LogP contribution < -0.4 is 5.56 Å². The Kier molecular flexibility index (Phi) is 3.85. The van der Waals surface area contributed by atoms with Crippen LogP contribution in [0.25, 0.3) is 43.5 Å². The summed E-state index contributed by atoms with van der Waals surface area (Å²) in [7, 11) is 0. The van der Waals surface area contributed by atoms with Crippen LogP contribution >= 0.6 is 0 Å². The third-order valence-corrected chi connectivity index (χ3v) is 5.44. The molecule has 0 spiro atoms. The molecule has 0 atom stereocenters. The molecule has 2 aromatic heterocycles. The first-order chi connectivity index (χ1) is 13.8. The van der Waals surface area contributed by atoms with E-state index in [9.17, 15) is 4.79 Å². The van der Waals surface area contributed by atoms with Crippen molar-refractivity contribution >= 4 is 21.7 Å². The Hall–Kier alpha value is -3.63. The van der Waals surface area contributed by atoms with Crippen LogP contribution in [-0.2, 0) is 13.0 Å². The molecule has 5 rings (SSSR count). The number of rotatable bonds is 4. The third-order valence-electron chi connectivity index (χ3n) is 5.44. The van der Waals surface area contributed by atoms with Gasteiger partial charge in [0.15, 0.2) is 0 Å². The Morgan fingerprint density at radius 1 is 1.11 bits per heavy atom. The summed E-state index contributed by atoms with van der Waals surface area (Å²) in [6.45, 7) is 0.988. The van der Waals surface area contributed by atoms with Crippen molar-refractivity contribution in [2.24, 2.45) is 5.11 Å². The van der Waals surface area contributed by atoms with Crippen LogP contribution in [0.1, 0.15) is 17.5 Å². The number of benzene rings is 2. The van der Waals surface area contributed by atoms with Crippen molar-refractivity contribution in [2.45, 2.75) is 19.4 Å². The number of aromatic nitrogens is 2. The molecule has 6 heteroatoms. The maximum Gasteiger partial charge on any atom is 0.259 e. The van der Waals surface area contributed by atoms with E-state index in [1.807, 2.05) is 47.0 Å². The van der Waals surface area contributed by atoms with E-state index in [0.29, 0.717) is 13.1 Å². The number of azide groups is 1. The Bertz CT molecular complexity index is 1350. The molecule has 0 fully saturated rings. The molecule has 3 heterocycles. The Morgan fingerprint density at radius 3 is 2.75 bits per heavy atom. The number of para-hydroxylation sites is 1. The van der Waals surface area contributed by atoms with E-state index in [1.54, 1.807) is 0 Å². The van der Waals surface area contributed by atoms with E-state index in [4.69, 9.17) is 10.5 Å². The predicted octanol–water partition coefficient (Wildman–Crippen LogP) is 4.82. The van der Waals surface area contributed by atoms with E-state index in [2.05, 4.69) is 22.2 Å². The van der Waals surface area contributed by atoms with Crippen molar-refractivity contribution in [2.75, 3.05) is 6.54 Å². The fourth-order valence-electron chi connectivity index (χ4n) is 4.17. The summed E-state index contributed by atoms with van der Waals surface area (Å²) < 4.78 is 1.83. The second-order valence-electron chi connectivity index (χ2n) is 7.00. The largest absolute Gasteiger partial charge is 0.302 e. The highest BCUT2D eigenvalue weighted by Crippen LogP contribution is 2.36. The highest BCUT2D eigenvalue weighted by Gasteiger charge is 2.26. The Labute approximate surface area is 160 Å². The Morgan fingerprint density at radius 2 is 1.89 bits per heavy atom. The minimum absolute atomic E-state index is 0.0233. The van der Waals surface area contributed by atoms with Crippen LogP contribution in [0.3, 0.4) is 0 Å². The van der Waals surface area contributed by atoms with Crippen molar-refractivity contribution in [3.8, 4) is 11.4 Å². The zero-order chi connectivity index (χ0) is 19.1. The molecule has 28 heavy (non-hydrogen) atoms. The van der Waals surface area contributed by atoms with Crippen LogP contribution in [0.5, 0.6) is 0 Å². The first-order valence-electron chi connectivity index (χ1n) is 9.32. The molecule has 0 N–H and O–H groups in total. The molecule has 2 aromatic carbocycles. The number of aryl methyl sites for hydroxylation is 1. The van der Waals surface area contributed by atoms with Crippen molar-refractivity contribution < 1.29 is 0 Å². The van der Waals surface area contributed by atoms with Gasteiger partial charge in [-0.2, -0.15) is 0 Å². The highest BCUT2D eigenvalue weighted by atomic mass is 16.1. The molecule has 0 saturated heterocycles. The van der Waals surface area contributed by atoms with Crippen LogP contribution in [0.2, 0.25) is 0 Å². The second-order valence-corrected chi connectivity index (χ2v) is 7.00. The van der Waals surface area contributed by atoms with E-state index in [1.165, 1.54) is 5.56 Å². The SMILES string of the molecule is [N-]=[N+]=NCCCc1c2c(nc3ccccc13)-c1cc3ccccc3c(=O)n1C2. The fourth-order valence-corrected chi connectivity index (χ4v) is 4.17. The summed E-state index contributed by atoms with van der Waals surface area (Å²) >= 11 is 0. The summed E-state index contributed by atoms with van der Waals surface area (Å²) in [5, 5.41) is 6.43. The third kappa shape index (κ3) is 2.47. The van der Waals surface area contributed by atoms with Gasteiger partial charge < -0.3 is 4.57 Å². The summed E-state index contributed by atoms with van der Waals surface area (Å²) in [5.74, 6) is 0. The van der Waals surface area contributed by atoms with Crippen molar-refractivity contribution in [3.63, 3.8) is 0 Å². The van der Waals surface area contributed by atoms with Gasteiger partial charge in [-0.3, -0.25) is 4.79 Å². The first-order valence-corrected chi connectivity index (χ1v) is 9.32. The number of fused-ring (bicyclic) bond motifs is 5. The molecule has 1 aliphatic heterocycles. The predicted molar refractivity (Wildman–Crippen MR) is 110 cm³/mol. The maximum atomic E-state index is 13.1. The Balaban J connectivity index is 1.75. The smallest absolute Gasteiger partial charge is 0.259 e. The van der Waals surface area contributed by atoms with Gasteiger partial charge >= 0.3 is 0 Å². The first kappa shape index (κ1) is 16.5. The molecule has 0 bridgehead atoms. The highest BCUT2D eigenvalue weighted by molar-refractivity contribution is 5.91. The van der Waals surface area contributed by atoms with Crippen LogP contribution in [-0.4, -0.2) is 16.1 Å². The monoisotopic (exact) mass is 367 g/mol. The zero-order valence-corrected chi connectivity index (χ0v) is 15.2. The quantitative estimate of drug-likeness (QED) is 0.197. The topological polar surface area (TPSA) is 83.7 Å². The van der Waals surface area contributed by atoms with Crippen molar-refractivity contribution in [3.05, 3.63) is 86.5 Å². The summed E-state index contributed by atoms with van der Waals surface area (Å²) in [6.07, 6.45) is 1.55. The van der Waals surface area contributed by atoms with Crippen molar-refractivity contribution in [1.29, 1.82) is 0 Å². The van der Waals surface area contributed by atoms with Gasteiger partial charge in [-0.25, -0.2) is 4.98 Å². The van der Waals surface area contributed by atoms with Gasteiger partial charge in [-0.05, 0) is 47.5 Å². The minimum atomic E-state index is 0.0233. The van der Waals surface area contributed by atoms with Gasteiger partial charge in [0.25, 0.3) is 5.56 Å². The van der Waals surface area contributed by atoms with Gasteiger partial charge in [0, 0.05) is 27.8 Å². The van der Waals surface area contributed by atoms with Crippen LogP contribution in [0.15, 0.2) is 64.5 Å². The molecule has 0 radical (unpaired) electrons. The molecule has 0 aliphatic carbocycles. The molecule has 136 valence electrons. The van der Waals surface area contributed by atoms with E-state index < -0.39 is 0 Å². The molecule has 0 saturated carbocycles. The molecule has 0 unspecified atom stereocenters. The van der Waals surface area contributed by atoms with E-state index in [0.717, 1.165) is 51.5 Å². The minimum Gasteiger partial charge on any atom is -0.302 e. The van der Waals surface area contributed by atoms with E-state index in [-0.39, 0.29) is 5.56 Å². The lowest BCUT2D eigenvalue weighted by molar-refractivity contribution is 0.784. The van der Waals surface area contributed by atoms with Crippen LogP contribution in [0, 0.1) is 0 Å². The standard InChI is InChI=1S/C22H17N5O/c23-26-24-11-5-9-16-17-8-3-4-10-19(17)25-21-18(16)13-27-20(21)12-14-6-1-2-7-15(14)22(27)28/h1-4,6-8,10,12H,5,9,11,13H2. The maximum absolute atomic E-state index is 13.1. The summed E-state index contributed by atoms with van der Waals surface area (Å²) in [6, 6.07) is 17.8. The van der Waals surface area contributed by atoms with Gasteiger partial charge in [0.2, 0.25) is 0 Å². The summed E-state index contributed by atoms with van der Waals surface area (Å²) in [5.41, 5.74) is 13.6. The van der Waals surface area contributed by atoms with Gasteiger partial charge in [0.1, 0.15) is 0 Å². The lowest BCUT2D eigenvalue weighted by Gasteiger charge is -2.11. The average Bonchev–Trinajstić information content (AvgIpc) is 3.09. The lowest BCUT2D eigenvalue weighted by Crippen LogP contribution is -2.19. The lowest BCUT2D eigenvalue weighted by atomic mass is 9.97. The molecular formula is C22H17N5O. The molecule has 6 nitrogen and oxygen atoms in total. The van der Waals surface area contributed by atoms with Gasteiger partial charge in [-0.15, -0.1) is 0 Å². The fraction of sp³-hybridized carbons (Fsp3) is 0.182. The summed E-state index contributed by atoms with van der Waals surface area (Å²) in [4.78, 5) is 20.8. The molecular weight excluding hydrogens is 350 g/mol. The number of nitrogens with zero attached hydrogens (tertiary/aromatic N) is 5. The second kappa shape index (κ2) is 6.51. The van der Waals surface area contributed by atoms with E-state index >= 15 is 0 Å². The van der Waals surface area contributed by atoms with Gasteiger partial charge in [0.05, 0.1) is 23.4 Å². The van der Waals surface area contributed by atoms with Crippen molar-refractivity contribution in [1.82, 2.24) is 9.55 Å². The molecule has 1 aliphatic rings. The normalized spacial score (nSPS) is 12.0. The van der Waals surface area contributed by atoms with Crippen LogP contribution in [0.4, 0.5) is 0 Å². The zero-order valence-electron chi connectivity index (χ0n) is 15.2.